The summed E-state index contributed by atoms with van der Waals surface area (Å²) in [5, 5.41) is 14.5. The molecule has 2 aliphatic carbocycles. The van der Waals surface area contributed by atoms with Crippen LogP contribution >= 0.6 is 0 Å². The fourth-order valence-electron chi connectivity index (χ4n) is 4.45. The Morgan fingerprint density at radius 3 is 1.70 bits per heavy atom. The molecule has 0 saturated heterocycles. The standard InChI is InChI=1S/C22H25NO3S/c23-27(25,26)15-17-4-8-19(9-5-17)21-13-22(10-1-11-22)12-20(21)18-6-2-16(14-24)3-7-18/h2-9,24H,1,10-15H2,(H2,23,25,26). The average molecular weight is 384 g/mol. The minimum Gasteiger partial charge on any atom is -0.392 e. The summed E-state index contributed by atoms with van der Waals surface area (Å²) in [6.07, 6.45) is 6.03. The molecule has 1 saturated carbocycles. The van der Waals surface area contributed by atoms with Gasteiger partial charge in [-0.15, -0.1) is 0 Å². The highest BCUT2D eigenvalue weighted by atomic mass is 32.2. The van der Waals surface area contributed by atoms with Crippen molar-refractivity contribution in [1.29, 1.82) is 0 Å². The molecule has 142 valence electrons. The first-order valence-corrected chi connectivity index (χ1v) is 11.1. The van der Waals surface area contributed by atoms with E-state index in [2.05, 4.69) is 12.1 Å². The molecule has 0 aliphatic heterocycles. The van der Waals surface area contributed by atoms with Crippen molar-refractivity contribution in [3.63, 3.8) is 0 Å². The Bertz CT molecular complexity index is 969. The summed E-state index contributed by atoms with van der Waals surface area (Å²) in [4.78, 5) is 0. The Kier molecular flexibility index (Phi) is 4.70. The zero-order valence-electron chi connectivity index (χ0n) is 15.3. The molecule has 0 unspecified atom stereocenters. The second-order valence-electron chi connectivity index (χ2n) is 8.02. The van der Waals surface area contributed by atoms with E-state index < -0.39 is 10.0 Å². The van der Waals surface area contributed by atoms with E-state index in [1.54, 1.807) is 0 Å². The van der Waals surface area contributed by atoms with Crippen molar-refractivity contribution in [3.05, 3.63) is 70.8 Å². The highest BCUT2D eigenvalue weighted by Crippen LogP contribution is 2.59. The molecule has 0 amide bonds. The van der Waals surface area contributed by atoms with Crippen LogP contribution in [0, 0.1) is 5.41 Å². The lowest BCUT2D eigenvalue weighted by molar-refractivity contribution is 0.157. The summed E-state index contributed by atoms with van der Waals surface area (Å²) in [5.74, 6) is -0.133. The lowest BCUT2D eigenvalue weighted by Gasteiger charge is -2.39. The van der Waals surface area contributed by atoms with Crippen LogP contribution in [0.2, 0.25) is 0 Å². The number of allylic oxidation sites excluding steroid dienone is 2. The zero-order chi connectivity index (χ0) is 19.1. The van der Waals surface area contributed by atoms with Gasteiger partial charge in [-0.3, -0.25) is 0 Å². The summed E-state index contributed by atoms with van der Waals surface area (Å²) in [7, 11) is -3.52. The van der Waals surface area contributed by atoms with Crippen LogP contribution in [0.5, 0.6) is 0 Å². The maximum absolute atomic E-state index is 11.3. The molecule has 1 fully saturated rings. The number of aliphatic hydroxyl groups excluding tert-OH is 1. The van der Waals surface area contributed by atoms with Crippen LogP contribution in [0.4, 0.5) is 0 Å². The average Bonchev–Trinajstić information content (AvgIpc) is 3.03. The maximum atomic E-state index is 11.3. The third-order valence-electron chi connectivity index (χ3n) is 6.04. The molecule has 2 aromatic carbocycles. The summed E-state index contributed by atoms with van der Waals surface area (Å²) < 4.78 is 22.6. The Labute approximate surface area is 160 Å². The fraction of sp³-hybridized carbons (Fsp3) is 0.364. The molecule has 1 spiro atoms. The van der Waals surface area contributed by atoms with Gasteiger partial charge in [0.25, 0.3) is 0 Å². The molecule has 4 nitrogen and oxygen atoms in total. The quantitative estimate of drug-likeness (QED) is 0.823. The summed E-state index contributed by atoms with van der Waals surface area (Å²) in [5.41, 5.74) is 7.18. The van der Waals surface area contributed by atoms with Gasteiger partial charge in [0.05, 0.1) is 12.4 Å². The van der Waals surface area contributed by atoms with Gasteiger partial charge in [0.2, 0.25) is 10.0 Å². The van der Waals surface area contributed by atoms with E-state index in [0.29, 0.717) is 11.0 Å². The van der Waals surface area contributed by atoms with Crippen LogP contribution in [0.15, 0.2) is 48.5 Å². The molecule has 0 heterocycles. The molecule has 5 heteroatoms. The summed E-state index contributed by atoms with van der Waals surface area (Å²) in [6, 6.07) is 16.0. The van der Waals surface area contributed by atoms with Crippen LogP contribution in [-0.2, 0) is 22.4 Å². The number of sulfonamides is 1. The fourth-order valence-corrected chi connectivity index (χ4v) is 5.11. The van der Waals surface area contributed by atoms with E-state index >= 15 is 0 Å². The van der Waals surface area contributed by atoms with E-state index in [1.165, 1.54) is 36.0 Å². The van der Waals surface area contributed by atoms with E-state index in [4.69, 9.17) is 5.14 Å². The van der Waals surface area contributed by atoms with Crippen molar-refractivity contribution in [2.24, 2.45) is 10.6 Å². The Balaban J connectivity index is 1.69. The van der Waals surface area contributed by atoms with E-state index in [1.807, 2.05) is 36.4 Å². The number of hydrogen-bond acceptors (Lipinski definition) is 3. The normalized spacial score (nSPS) is 18.7. The van der Waals surface area contributed by atoms with Crippen molar-refractivity contribution >= 4 is 21.2 Å². The van der Waals surface area contributed by atoms with Gasteiger partial charge in [-0.05, 0) is 64.5 Å². The third kappa shape index (κ3) is 3.86. The molecule has 2 aromatic rings. The molecule has 3 N–H and O–H groups in total. The number of nitrogens with two attached hydrogens (primary N) is 1. The molecule has 4 rings (SSSR count). The Morgan fingerprint density at radius 1 is 0.852 bits per heavy atom. The van der Waals surface area contributed by atoms with Gasteiger partial charge < -0.3 is 5.11 Å². The van der Waals surface area contributed by atoms with Gasteiger partial charge in [0.15, 0.2) is 0 Å². The minimum atomic E-state index is -3.52. The SMILES string of the molecule is NS(=O)(=O)Cc1ccc(C2=C(c3ccc(CO)cc3)CC3(CCC3)C2)cc1. The third-order valence-corrected chi connectivity index (χ3v) is 6.77. The smallest absolute Gasteiger partial charge is 0.213 e. The van der Waals surface area contributed by atoms with Crippen molar-refractivity contribution in [2.75, 3.05) is 0 Å². The first-order valence-electron chi connectivity index (χ1n) is 9.40. The van der Waals surface area contributed by atoms with Crippen molar-refractivity contribution in [2.45, 2.75) is 44.5 Å². The van der Waals surface area contributed by atoms with Crippen LogP contribution < -0.4 is 5.14 Å². The van der Waals surface area contributed by atoms with E-state index in [9.17, 15) is 13.5 Å². The first kappa shape index (κ1) is 18.4. The van der Waals surface area contributed by atoms with Gasteiger partial charge >= 0.3 is 0 Å². The first-order chi connectivity index (χ1) is 12.9. The van der Waals surface area contributed by atoms with Gasteiger partial charge in [-0.1, -0.05) is 55.0 Å². The monoisotopic (exact) mass is 383 g/mol. The highest BCUT2D eigenvalue weighted by molar-refractivity contribution is 7.88. The summed E-state index contributed by atoms with van der Waals surface area (Å²) in [6.45, 7) is 0.0572. The van der Waals surface area contributed by atoms with Crippen molar-refractivity contribution < 1.29 is 13.5 Å². The second kappa shape index (κ2) is 6.89. The van der Waals surface area contributed by atoms with Crippen LogP contribution in [0.1, 0.15) is 54.4 Å². The lowest BCUT2D eigenvalue weighted by Crippen LogP contribution is -2.26. The Morgan fingerprint density at radius 2 is 1.33 bits per heavy atom. The second-order valence-corrected chi connectivity index (χ2v) is 9.64. The topological polar surface area (TPSA) is 80.4 Å². The summed E-state index contributed by atoms with van der Waals surface area (Å²) >= 11 is 0. The minimum absolute atomic E-state index is 0.0572. The predicted octanol–water partition coefficient (Wildman–Crippen LogP) is 3.84. The number of primary sulfonamides is 1. The van der Waals surface area contributed by atoms with Crippen molar-refractivity contribution in [1.82, 2.24) is 0 Å². The van der Waals surface area contributed by atoms with Crippen LogP contribution in [0.3, 0.4) is 0 Å². The highest BCUT2D eigenvalue weighted by Gasteiger charge is 2.43. The molecule has 0 bridgehead atoms. The molecule has 0 radical (unpaired) electrons. The molecular formula is C22H25NO3S. The molecular weight excluding hydrogens is 358 g/mol. The number of rotatable bonds is 5. The van der Waals surface area contributed by atoms with Gasteiger partial charge in [-0.2, -0.15) is 0 Å². The maximum Gasteiger partial charge on any atom is 0.213 e. The van der Waals surface area contributed by atoms with E-state index in [-0.39, 0.29) is 12.4 Å². The molecule has 27 heavy (non-hydrogen) atoms. The zero-order valence-corrected chi connectivity index (χ0v) is 16.1. The van der Waals surface area contributed by atoms with Gasteiger partial charge in [0.1, 0.15) is 0 Å². The molecule has 0 atom stereocenters. The van der Waals surface area contributed by atoms with Crippen LogP contribution in [0.25, 0.3) is 11.1 Å². The van der Waals surface area contributed by atoms with Gasteiger partial charge in [-0.25, -0.2) is 13.6 Å². The predicted molar refractivity (Wildman–Crippen MR) is 108 cm³/mol. The number of hydrogen-bond donors (Lipinski definition) is 2. The number of benzene rings is 2. The molecule has 0 aromatic heterocycles. The van der Waals surface area contributed by atoms with Gasteiger partial charge in [0, 0.05) is 0 Å². The van der Waals surface area contributed by atoms with E-state index in [0.717, 1.165) is 24.0 Å². The Hall–Kier alpha value is -1.95. The van der Waals surface area contributed by atoms with Crippen LogP contribution in [-0.4, -0.2) is 13.5 Å². The lowest BCUT2D eigenvalue weighted by atomic mass is 9.66. The number of aliphatic hydroxyl groups is 1. The van der Waals surface area contributed by atoms with Crippen molar-refractivity contribution in [3.8, 4) is 0 Å². The molecule has 2 aliphatic rings. The largest absolute Gasteiger partial charge is 0.392 e.